The molecular weight excluding hydrogens is 939 g/mol. The first-order valence-corrected chi connectivity index (χ1v) is 26.9. The molecule has 3 aliphatic heterocycles. The maximum Gasteiger partial charge on any atom is 0.220 e. The zero-order valence-electron chi connectivity index (χ0n) is 42.9. The third kappa shape index (κ3) is 22.5. The molecule has 0 aromatic heterocycles. The molecule has 12 N–H and O–H groups in total. The summed E-state index contributed by atoms with van der Waals surface area (Å²) >= 11 is 0. The van der Waals surface area contributed by atoms with Crippen molar-refractivity contribution in [1.29, 1.82) is 0 Å². The summed E-state index contributed by atoms with van der Waals surface area (Å²) in [5.74, 6) is -0.300. The molecule has 19 heteroatoms. The minimum absolute atomic E-state index is 0.225. The Hall–Kier alpha value is -2.25. The summed E-state index contributed by atoms with van der Waals surface area (Å²) in [6.45, 7) is 1.52. The summed E-state index contributed by atoms with van der Waals surface area (Å²) in [4.78, 5) is 13.2. The molecule has 17 unspecified atom stereocenters. The van der Waals surface area contributed by atoms with E-state index < -0.39 is 124 Å². The first-order chi connectivity index (χ1) is 34.8. The van der Waals surface area contributed by atoms with E-state index in [0.29, 0.717) is 12.8 Å². The van der Waals surface area contributed by atoms with Crippen molar-refractivity contribution in [3.8, 4) is 0 Å². The zero-order chi connectivity index (χ0) is 52.7. The zero-order valence-corrected chi connectivity index (χ0v) is 42.9. The molecule has 3 heterocycles. The Kier molecular flexibility index (Phi) is 33.3. The summed E-state index contributed by atoms with van der Waals surface area (Å²) < 4.78 is 34.1. The van der Waals surface area contributed by atoms with Crippen LogP contribution in [0.1, 0.15) is 149 Å². The molecule has 0 bridgehead atoms. The molecular formula is C53H93NO18. The number of rotatable bonds is 37. The molecule has 17 atom stereocenters. The molecule has 0 aromatic carbocycles. The van der Waals surface area contributed by atoms with Crippen LogP contribution < -0.4 is 5.32 Å². The predicted octanol–water partition coefficient (Wildman–Crippen LogP) is 2.75. The van der Waals surface area contributed by atoms with Crippen LogP contribution in [-0.4, -0.2) is 193 Å². The number of aliphatic hydroxyl groups is 11. The highest BCUT2D eigenvalue weighted by Gasteiger charge is 2.53. The maximum atomic E-state index is 13.2. The molecule has 72 heavy (non-hydrogen) atoms. The Morgan fingerprint density at radius 3 is 1.46 bits per heavy atom. The van der Waals surface area contributed by atoms with Crippen LogP contribution in [0.2, 0.25) is 0 Å². The second kappa shape index (κ2) is 37.5. The lowest BCUT2D eigenvalue weighted by molar-refractivity contribution is -0.379. The van der Waals surface area contributed by atoms with Crippen molar-refractivity contribution >= 4 is 5.91 Å². The molecule has 3 fully saturated rings. The van der Waals surface area contributed by atoms with Crippen LogP contribution in [0.15, 0.2) is 48.6 Å². The van der Waals surface area contributed by atoms with Gasteiger partial charge in [-0.2, -0.15) is 0 Å². The average molecular weight is 1030 g/mol. The van der Waals surface area contributed by atoms with Gasteiger partial charge in [-0.3, -0.25) is 4.79 Å². The molecule has 0 radical (unpaired) electrons. The molecule has 0 aliphatic carbocycles. The van der Waals surface area contributed by atoms with Crippen LogP contribution in [-0.2, 0) is 33.2 Å². The lowest BCUT2D eigenvalue weighted by atomic mass is 9.96. The molecule has 1 amide bonds. The Bertz CT molecular complexity index is 1520. The van der Waals surface area contributed by atoms with Crippen molar-refractivity contribution in [3.05, 3.63) is 48.6 Å². The third-order valence-electron chi connectivity index (χ3n) is 13.3. The number of hydrogen-bond donors (Lipinski definition) is 12. The van der Waals surface area contributed by atoms with Gasteiger partial charge in [0.15, 0.2) is 18.9 Å². The Labute approximate surface area is 427 Å². The van der Waals surface area contributed by atoms with E-state index in [-0.39, 0.29) is 18.9 Å². The highest BCUT2D eigenvalue weighted by Crippen LogP contribution is 2.33. The van der Waals surface area contributed by atoms with E-state index in [1.54, 1.807) is 12.2 Å². The average Bonchev–Trinajstić information content (AvgIpc) is 3.37. The quantitative estimate of drug-likeness (QED) is 0.0315. The normalized spacial score (nSPS) is 32.4. The van der Waals surface area contributed by atoms with Crippen LogP contribution in [0.4, 0.5) is 0 Å². The fourth-order valence-corrected chi connectivity index (χ4v) is 8.87. The lowest BCUT2D eigenvalue weighted by Crippen LogP contribution is -2.66. The van der Waals surface area contributed by atoms with Gasteiger partial charge in [0.1, 0.15) is 73.2 Å². The van der Waals surface area contributed by atoms with Gasteiger partial charge in [0.05, 0.1) is 38.6 Å². The Morgan fingerprint density at radius 1 is 0.500 bits per heavy atom. The van der Waals surface area contributed by atoms with E-state index >= 15 is 0 Å². The van der Waals surface area contributed by atoms with Crippen LogP contribution in [0, 0.1) is 0 Å². The van der Waals surface area contributed by atoms with Gasteiger partial charge in [-0.15, -0.1) is 0 Å². The standard InChI is InChI=1S/C53H93NO18/c1-3-5-7-9-11-13-15-16-17-18-19-20-21-23-25-27-29-31-41(59)54-36(37(58)30-28-26-24-22-14-12-10-8-6-4-2)35-67-51-47(65)44(62)49(39(33-56)69-51)72-53-48(66)45(63)50(40(34-57)70-53)71-52-46(64)43(61)42(60)38(32-55)68-52/h6,8,14,16-17,22,28,30,36-40,42-53,55-58,60-66H,3-5,7,9-13,15,18-21,23-27,29,31-35H2,1-2H3,(H,54,59)/b8-6+,17-16-,22-14+,30-28+. The predicted molar refractivity (Wildman–Crippen MR) is 268 cm³/mol. The van der Waals surface area contributed by atoms with Crippen LogP contribution in [0.3, 0.4) is 0 Å². The largest absolute Gasteiger partial charge is 0.394 e. The van der Waals surface area contributed by atoms with E-state index in [1.807, 2.05) is 0 Å². The molecule has 3 saturated heterocycles. The van der Waals surface area contributed by atoms with E-state index in [4.69, 9.17) is 28.4 Å². The van der Waals surface area contributed by atoms with Crippen molar-refractivity contribution in [2.75, 3.05) is 26.4 Å². The number of ether oxygens (including phenoxy) is 6. The van der Waals surface area contributed by atoms with Gasteiger partial charge in [-0.1, -0.05) is 127 Å². The molecule has 3 rings (SSSR count). The minimum atomic E-state index is -1.98. The van der Waals surface area contributed by atoms with Crippen LogP contribution in [0.25, 0.3) is 0 Å². The number of nitrogens with one attached hydrogen (secondary N) is 1. The Morgan fingerprint density at radius 2 is 0.931 bits per heavy atom. The van der Waals surface area contributed by atoms with Gasteiger partial charge in [-0.25, -0.2) is 0 Å². The summed E-state index contributed by atoms with van der Waals surface area (Å²) in [6, 6.07) is -0.996. The number of unbranched alkanes of at least 4 members (excludes halogenated alkanes) is 15. The van der Waals surface area contributed by atoms with Crippen molar-refractivity contribution in [3.63, 3.8) is 0 Å². The number of hydrogen-bond acceptors (Lipinski definition) is 18. The van der Waals surface area contributed by atoms with Gasteiger partial charge in [0, 0.05) is 6.42 Å². The monoisotopic (exact) mass is 1030 g/mol. The minimum Gasteiger partial charge on any atom is -0.394 e. The molecule has 0 saturated carbocycles. The summed E-state index contributed by atoms with van der Waals surface area (Å²) in [7, 11) is 0. The van der Waals surface area contributed by atoms with Gasteiger partial charge in [0.2, 0.25) is 5.91 Å². The van der Waals surface area contributed by atoms with Gasteiger partial charge < -0.3 is 89.9 Å². The number of carbonyl (C=O) groups is 1. The second-order valence-corrected chi connectivity index (χ2v) is 19.3. The molecule has 0 spiro atoms. The summed E-state index contributed by atoms with van der Waals surface area (Å²) in [6.07, 6.45) is 11.3. The fraction of sp³-hybridized carbons (Fsp3) is 0.830. The highest BCUT2D eigenvalue weighted by molar-refractivity contribution is 5.76. The Balaban J connectivity index is 1.54. The molecule has 418 valence electrons. The van der Waals surface area contributed by atoms with Crippen LogP contribution in [0.5, 0.6) is 0 Å². The highest BCUT2D eigenvalue weighted by atomic mass is 16.8. The number of amides is 1. The maximum absolute atomic E-state index is 13.2. The number of carbonyl (C=O) groups excluding carboxylic acids is 1. The molecule has 0 aromatic rings. The van der Waals surface area contributed by atoms with Crippen molar-refractivity contribution in [1.82, 2.24) is 5.32 Å². The van der Waals surface area contributed by atoms with Crippen molar-refractivity contribution in [2.45, 2.75) is 253 Å². The molecule has 19 nitrogen and oxygen atoms in total. The number of aliphatic hydroxyl groups excluding tert-OH is 11. The second-order valence-electron chi connectivity index (χ2n) is 19.3. The molecule has 3 aliphatic rings. The topological polar surface area (TPSA) is 307 Å². The van der Waals surface area contributed by atoms with E-state index in [0.717, 1.165) is 57.8 Å². The van der Waals surface area contributed by atoms with Crippen LogP contribution >= 0.6 is 0 Å². The van der Waals surface area contributed by atoms with E-state index in [1.165, 1.54) is 57.8 Å². The smallest absolute Gasteiger partial charge is 0.220 e. The summed E-state index contributed by atoms with van der Waals surface area (Å²) in [5, 5.41) is 120. The first kappa shape index (κ1) is 64.0. The van der Waals surface area contributed by atoms with Gasteiger partial charge in [0.25, 0.3) is 0 Å². The van der Waals surface area contributed by atoms with E-state index in [9.17, 15) is 61.0 Å². The van der Waals surface area contributed by atoms with Gasteiger partial charge in [-0.05, 0) is 64.2 Å². The SMILES string of the molecule is CC/C=C/CC/C=C/CC/C=C/C(O)C(COC1OC(CO)C(OC2OC(CO)C(OC3OC(CO)C(O)C(O)C3O)C(O)C2O)C(O)C1O)NC(=O)CCCCCCCCC/C=C\CCCCCCCC. The van der Waals surface area contributed by atoms with Crippen molar-refractivity contribution < 1.29 is 89.4 Å². The number of allylic oxidation sites excluding steroid dienone is 7. The summed E-state index contributed by atoms with van der Waals surface area (Å²) in [5.41, 5.74) is 0. The van der Waals surface area contributed by atoms with E-state index in [2.05, 4.69) is 55.6 Å². The lowest BCUT2D eigenvalue weighted by Gasteiger charge is -2.48. The van der Waals surface area contributed by atoms with Gasteiger partial charge >= 0.3 is 0 Å². The first-order valence-electron chi connectivity index (χ1n) is 26.9. The van der Waals surface area contributed by atoms with Crippen molar-refractivity contribution in [2.24, 2.45) is 0 Å². The fourth-order valence-electron chi connectivity index (χ4n) is 8.87. The third-order valence-corrected chi connectivity index (χ3v) is 13.3.